The van der Waals surface area contributed by atoms with Crippen LogP contribution in [0, 0.1) is 58.7 Å². The lowest BCUT2D eigenvalue weighted by atomic mass is 9.55. The summed E-state index contributed by atoms with van der Waals surface area (Å²) in [7, 11) is -1.82. The number of ether oxygens (including phenoxy) is 3. The number of carbonyl (C=O) groups excluding carboxylic acids is 2. The molecule has 0 aromatic heterocycles. The van der Waals surface area contributed by atoms with Crippen molar-refractivity contribution < 1.29 is 28.2 Å². The van der Waals surface area contributed by atoms with Gasteiger partial charge in [0.15, 0.2) is 5.41 Å². The van der Waals surface area contributed by atoms with Gasteiger partial charge in [0.25, 0.3) is 8.32 Å². The van der Waals surface area contributed by atoms with Crippen molar-refractivity contribution in [2.24, 2.45) is 58.7 Å². The second-order valence-corrected chi connectivity index (χ2v) is 28.3. The molecule has 4 aromatic carbocycles. The molecule has 3 atom stereocenters. The minimum absolute atomic E-state index is 0.213. The van der Waals surface area contributed by atoms with Crippen LogP contribution in [-0.2, 0) is 35.5 Å². The van der Waals surface area contributed by atoms with Gasteiger partial charge in [-0.1, -0.05) is 116 Å². The number of halogens is 1. The van der Waals surface area contributed by atoms with Gasteiger partial charge in [0.05, 0.1) is 7.11 Å². The topological polar surface area (TPSA) is 71.1 Å². The predicted octanol–water partition coefficient (Wildman–Crippen LogP) is 11.3. The van der Waals surface area contributed by atoms with Crippen molar-refractivity contribution in [2.45, 2.75) is 127 Å². The second-order valence-electron chi connectivity index (χ2n) is 23.2. The lowest BCUT2D eigenvalue weighted by molar-refractivity contribution is -0.215. The van der Waals surface area contributed by atoms with E-state index in [1.165, 1.54) is 12.8 Å². The zero-order valence-corrected chi connectivity index (χ0v) is 41.1. The van der Waals surface area contributed by atoms with Gasteiger partial charge in [0.1, 0.15) is 23.6 Å². The molecule has 10 aliphatic carbocycles. The number of esters is 2. The maximum atomic E-state index is 16.8. The minimum atomic E-state index is -3.52. The lowest BCUT2D eigenvalue weighted by Gasteiger charge is -2.56. The number of rotatable bonds is 10. The van der Waals surface area contributed by atoms with Crippen LogP contribution in [0.5, 0.6) is 5.75 Å². The van der Waals surface area contributed by atoms with Crippen molar-refractivity contribution in [1.29, 1.82) is 0 Å². The molecule has 0 heterocycles. The number of methoxy groups -OCH3 is 1. The van der Waals surface area contributed by atoms with Crippen LogP contribution in [0.25, 0.3) is 0 Å². The summed E-state index contributed by atoms with van der Waals surface area (Å²) in [4.78, 5) is 33.7. The summed E-state index contributed by atoms with van der Waals surface area (Å²) < 4.78 is 30.1. The van der Waals surface area contributed by atoms with Gasteiger partial charge in [0.2, 0.25) is 0 Å². The number of carbonyl (C=O) groups is 2. The molecule has 4 aromatic rings. The van der Waals surface area contributed by atoms with Crippen LogP contribution in [0.1, 0.15) is 114 Å². The van der Waals surface area contributed by atoms with Crippen LogP contribution in [-0.4, -0.2) is 39.6 Å². The van der Waals surface area contributed by atoms with E-state index in [9.17, 15) is 0 Å². The zero-order chi connectivity index (χ0) is 44.5. The smallest absolute Gasteiger partial charge is 0.327 e. The van der Waals surface area contributed by atoms with Crippen molar-refractivity contribution >= 4 is 46.6 Å². The number of benzene rings is 4. The first kappa shape index (κ1) is 42.6. The third kappa shape index (κ3) is 6.44. The Morgan fingerprint density at radius 3 is 1.55 bits per heavy atom. The molecule has 0 aliphatic heterocycles. The number of fused-ring (bicyclic) bond motifs is 3. The molecule has 0 radical (unpaired) electrons. The minimum Gasteiger partial charge on any atom is -0.497 e. The molecule has 0 amide bonds. The van der Waals surface area contributed by atoms with Crippen LogP contribution < -0.4 is 15.1 Å². The van der Waals surface area contributed by atoms with Gasteiger partial charge < -0.3 is 18.6 Å². The molecule has 8 heteroatoms. The van der Waals surface area contributed by atoms with E-state index in [1.54, 1.807) is 7.11 Å². The fourth-order valence-electron chi connectivity index (χ4n) is 16.7. The highest BCUT2D eigenvalue weighted by atomic mass is 79.9. The van der Waals surface area contributed by atoms with Crippen molar-refractivity contribution in [3.05, 3.63) is 124 Å². The van der Waals surface area contributed by atoms with Crippen LogP contribution >= 0.6 is 15.9 Å². The molecule has 14 rings (SSSR count). The van der Waals surface area contributed by atoms with E-state index in [0.717, 1.165) is 88.7 Å². The fraction of sp³-hybridized carbons (Fsp3) is 0.544. The van der Waals surface area contributed by atoms with E-state index < -0.39 is 36.3 Å². The fourth-order valence-corrected chi connectivity index (χ4v) is 22.0. The average molecular weight is 954 g/mol. The normalized spacial score (nSPS) is 37.2. The van der Waals surface area contributed by atoms with E-state index in [0.29, 0.717) is 53.8 Å². The molecule has 10 aliphatic rings. The molecule has 8 bridgehead atoms. The van der Waals surface area contributed by atoms with Gasteiger partial charge in [-0.15, -0.1) is 0 Å². The third-order valence-corrected chi connectivity index (χ3v) is 24.3. The van der Waals surface area contributed by atoms with Gasteiger partial charge in [-0.2, -0.15) is 0 Å². The number of hydrogen-bond acceptors (Lipinski definition) is 6. The zero-order valence-electron chi connectivity index (χ0n) is 38.6. The summed E-state index contributed by atoms with van der Waals surface area (Å²) >= 11 is 3.87. The van der Waals surface area contributed by atoms with Crippen LogP contribution in [0.4, 0.5) is 0 Å². The Balaban J connectivity index is 1.12. The SMILES string of the molecule is COc1ccc([C@@H]2CC(C(=O)OC3C4CC5CC(C4)CC3C5)(C(=O)OC3C4CC5CC(C4)CC3C5)[C@]3(O[Si](c4ccccc4)(c4ccccc4)C(C)(C)C)c4ccc(Br)cc4C[C@H]23)cc1. The Morgan fingerprint density at radius 1 is 0.631 bits per heavy atom. The second kappa shape index (κ2) is 15.7. The van der Waals surface area contributed by atoms with Crippen LogP contribution in [0.15, 0.2) is 108 Å². The summed E-state index contributed by atoms with van der Waals surface area (Å²) in [5.41, 5.74) is -0.138. The lowest BCUT2D eigenvalue weighted by Crippen LogP contribution is -2.72. The van der Waals surface area contributed by atoms with Gasteiger partial charge in [-0.05, 0) is 187 Å². The molecule has 340 valence electrons. The van der Waals surface area contributed by atoms with Gasteiger partial charge in [-0.25, -0.2) is 0 Å². The summed E-state index contributed by atoms with van der Waals surface area (Å²) in [6.45, 7) is 6.92. The van der Waals surface area contributed by atoms with Gasteiger partial charge in [-0.3, -0.25) is 9.59 Å². The van der Waals surface area contributed by atoms with Gasteiger partial charge in [0, 0.05) is 10.4 Å². The monoisotopic (exact) mass is 952 g/mol. The van der Waals surface area contributed by atoms with E-state index in [2.05, 4.69) is 128 Å². The molecule has 0 unspecified atom stereocenters. The highest BCUT2D eigenvalue weighted by Crippen LogP contribution is 2.71. The molecule has 0 N–H and O–H groups in total. The maximum absolute atomic E-state index is 16.8. The van der Waals surface area contributed by atoms with Crippen molar-refractivity contribution in [3.8, 4) is 5.75 Å². The summed E-state index contributed by atoms with van der Waals surface area (Å²) in [6.07, 6.45) is 11.9. The average Bonchev–Trinajstić information content (AvgIpc) is 3.76. The first-order valence-electron chi connectivity index (χ1n) is 25.1. The quantitative estimate of drug-likeness (QED) is 0.0896. The Bertz CT molecular complexity index is 2310. The van der Waals surface area contributed by atoms with E-state index >= 15 is 9.59 Å². The molecule has 6 nitrogen and oxygen atoms in total. The van der Waals surface area contributed by atoms with E-state index in [-0.39, 0.29) is 30.5 Å². The standard InChI is InChI=1S/C57H65BrO6Si/c1-55(2,3)65(46-11-7-5-8-12-46,47-13-9-6-10-14-47)64-57-49-20-17-44(58)31-39(49)32-50(57)48(38-15-18-45(61-4)19-16-38)33-56(57,53(59)62-51-40-23-34-21-35(25-40)26-41(51)24-34)54(60)63-52-42-27-36-22-37(29-42)30-43(52)28-36/h5-20,31,34-37,40-43,48,50-52H,21-30,32-33H2,1-4H3/t34?,35?,36?,37?,40?,41?,42?,43?,48-,50+,51?,52?,56?,57-/m0/s1. The molecule has 9 saturated carbocycles. The van der Waals surface area contributed by atoms with E-state index in [1.807, 2.05) is 12.1 Å². The molecule has 65 heavy (non-hydrogen) atoms. The maximum Gasteiger partial charge on any atom is 0.327 e. The molecular weight excluding hydrogens is 889 g/mol. The predicted molar refractivity (Wildman–Crippen MR) is 258 cm³/mol. The third-order valence-electron chi connectivity index (χ3n) is 18.8. The first-order chi connectivity index (χ1) is 31.4. The Kier molecular flexibility index (Phi) is 10.3. The summed E-state index contributed by atoms with van der Waals surface area (Å²) in [6, 6.07) is 36.4. The summed E-state index contributed by atoms with van der Waals surface area (Å²) in [5.74, 6) is 3.54. The number of hydrogen-bond donors (Lipinski definition) is 0. The molecule has 9 fully saturated rings. The molecule has 0 saturated heterocycles. The Hall–Kier alpha value is -3.72. The van der Waals surface area contributed by atoms with Gasteiger partial charge >= 0.3 is 11.9 Å². The highest BCUT2D eigenvalue weighted by molar-refractivity contribution is 9.10. The summed E-state index contributed by atoms with van der Waals surface area (Å²) in [5, 5.41) is 1.78. The van der Waals surface area contributed by atoms with Crippen LogP contribution in [0.3, 0.4) is 0 Å². The Morgan fingerprint density at radius 2 is 1.11 bits per heavy atom. The first-order valence-corrected chi connectivity index (χ1v) is 27.8. The molecule has 0 spiro atoms. The largest absolute Gasteiger partial charge is 0.497 e. The van der Waals surface area contributed by atoms with Crippen molar-refractivity contribution in [2.75, 3.05) is 7.11 Å². The highest BCUT2D eigenvalue weighted by Gasteiger charge is 2.79. The van der Waals surface area contributed by atoms with Crippen LogP contribution in [0.2, 0.25) is 5.04 Å². The van der Waals surface area contributed by atoms with E-state index in [4.69, 9.17) is 18.6 Å². The Labute approximate surface area is 395 Å². The van der Waals surface area contributed by atoms with Crippen molar-refractivity contribution in [3.63, 3.8) is 0 Å². The molecular formula is C57H65BrO6Si. The van der Waals surface area contributed by atoms with Crippen molar-refractivity contribution in [1.82, 2.24) is 0 Å².